The molecule has 0 aromatic heterocycles. The lowest BCUT2D eigenvalue weighted by molar-refractivity contribution is -0.108. The standard InChI is InChI=1S/C6H13NO7S/c8-1-2-3(9)4(10)5(11)6(7-2)15(12,13)14/h2-11H,1H2,(H,12,13,14)/t2?,3-,4-,5?,6?/m1/s1. The molecule has 3 unspecified atom stereocenters. The number of aliphatic hydroxyl groups is 4. The Morgan fingerprint density at radius 2 is 1.60 bits per heavy atom. The van der Waals surface area contributed by atoms with E-state index in [1.165, 1.54) is 0 Å². The summed E-state index contributed by atoms with van der Waals surface area (Å²) in [6.07, 6.45) is -5.13. The zero-order valence-corrected chi connectivity index (χ0v) is 8.37. The molecule has 15 heavy (non-hydrogen) atoms. The van der Waals surface area contributed by atoms with Gasteiger partial charge in [-0.25, -0.2) is 0 Å². The van der Waals surface area contributed by atoms with Crippen LogP contribution in [0.2, 0.25) is 0 Å². The summed E-state index contributed by atoms with van der Waals surface area (Å²) in [5.74, 6) is 0. The molecule has 1 rings (SSSR count). The van der Waals surface area contributed by atoms with Crippen LogP contribution >= 0.6 is 0 Å². The van der Waals surface area contributed by atoms with Crippen LogP contribution in [0.1, 0.15) is 0 Å². The van der Waals surface area contributed by atoms with Crippen LogP contribution in [-0.2, 0) is 10.1 Å². The predicted molar refractivity (Wildman–Crippen MR) is 47.4 cm³/mol. The molecular weight excluding hydrogens is 230 g/mol. The van der Waals surface area contributed by atoms with E-state index < -0.39 is 46.5 Å². The summed E-state index contributed by atoms with van der Waals surface area (Å²) in [7, 11) is -4.62. The topological polar surface area (TPSA) is 147 Å². The van der Waals surface area contributed by atoms with Crippen molar-refractivity contribution in [3.63, 3.8) is 0 Å². The number of aliphatic hydroxyl groups excluding tert-OH is 4. The maximum Gasteiger partial charge on any atom is 0.283 e. The number of rotatable bonds is 2. The fraction of sp³-hybridized carbons (Fsp3) is 1.00. The van der Waals surface area contributed by atoms with Crippen molar-refractivity contribution in [3.05, 3.63) is 0 Å². The van der Waals surface area contributed by atoms with Crippen LogP contribution in [0.25, 0.3) is 0 Å². The Bertz CT molecular complexity index is 315. The normalized spacial score (nSPS) is 42.9. The Labute approximate surface area is 85.9 Å². The van der Waals surface area contributed by atoms with Gasteiger partial charge in [0.25, 0.3) is 10.1 Å². The molecule has 0 aliphatic carbocycles. The molecule has 0 amide bonds. The maximum atomic E-state index is 10.8. The molecule has 0 aromatic carbocycles. The first-order valence-electron chi connectivity index (χ1n) is 4.16. The van der Waals surface area contributed by atoms with Gasteiger partial charge in [0.2, 0.25) is 0 Å². The summed E-state index contributed by atoms with van der Waals surface area (Å²) in [5.41, 5.74) is 0. The average molecular weight is 243 g/mol. The highest BCUT2D eigenvalue weighted by atomic mass is 32.2. The Hall–Kier alpha value is -0.290. The lowest BCUT2D eigenvalue weighted by atomic mass is 9.96. The lowest BCUT2D eigenvalue weighted by Crippen LogP contribution is -2.67. The van der Waals surface area contributed by atoms with Crippen LogP contribution in [0.4, 0.5) is 0 Å². The minimum Gasteiger partial charge on any atom is -0.395 e. The largest absolute Gasteiger partial charge is 0.395 e. The van der Waals surface area contributed by atoms with Gasteiger partial charge >= 0.3 is 0 Å². The van der Waals surface area contributed by atoms with E-state index in [0.717, 1.165) is 0 Å². The van der Waals surface area contributed by atoms with Crippen LogP contribution in [0, 0.1) is 0 Å². The average Bonchev–Trinajstić information content (AvgIpc) is 2.13. The Kier molecular flexibility index (Phi) is 3.66. The molecule has 6 N–H and O–H groups in total. The van der Waals surface area contributed by atoms with Crippen molar-refractivity contribution in [1.82, 2.24) is 5.32 Å². The minimum absolute atomic E-state index is 0.642. The second-order valence-electron chi connectivity index (χ2n) is 3.36. The van der Waals surface area contributed by atoms with Gasteiger partial charge in [0.15, 0.2) is 5.37 Å². The highest BCUT2D eigenvalue weighted by Crippen LogP contribution is 2.18. The monoisotopic (exact) mass is 243 g/mol. The zero-order chi connectivity index (χ0) is 11.8. The van der Waals surface area contributed by atoms with Crippen LogP contribution in [0.3, 0.4) is 0 Å². The minimum atomic E-state index is -4.62. The second-order valence-corrected chi connectivity index (χ2v) is 4.90. The van der Waals surface area contributed by atoms with Crippen LogP contribution < -0.4 is 5.32 Å². The van der Waals surface area contributed by atoms with E-state index in [1.807, 2.05) is 0 Å². The molecule has 1 aliphatic rings. The molecule has 0 bridgehead atoms. The molecule has 0 spiro atoms. The summed E-state index contributed by atoms with van der Waals surface area (Å²) in [6.45, 7) is -0.642. The van der Waals surface area contributed by atoms with Gasteiger partial charge in [0.1, 0.15) is 18.3 Å². The summed E-state index contributed by atoms with van der Waals surface area (Å²) in [6, 6.07) is -1.13. The lowest BCUT2D eigenvalue weighted by Gasteiger charge is -2.39. The molecule has 90 valence electrons. The van der Waals surface area contributed by atoms with E-state index in [1.54, 1.807) is 0 Å². The molecule has 0 radical (unpaired) electrons. The molecule has 1 saturated heterocycles. The van der Waals surface area contributed by atoms with E-state index in [-0.39, 0.29) is 0 Å². The molecule has 1 heterocycles. The van der Waals surface area contributed by atoms with Crippen molar-refractivity contribution in [2.45, 2.75) is 29.7 Å². The Balaban J connectivity index is 2.93. The first-order valence-corrected chi connectivity index (χ1v) is 5.66. The third-order valence-corrected chi connectivity index (χ3v) is 3.37. The second kappa shape index (κ2) is 4.29. The highest BCUT2D eigenvalue weighted by Gasteiger charge is 2.47. The predicted octanol–water partition coefficient (Wildman–Crippen LogP) is -3.75. The molecule has 9 heteroatoms. The van der Waals surface area contributed by atoms with Gasteiger partial charge < -0.3 is 20.4 Å². The number of hydrogen-bond donors (Lipinski definition) is 6. The molecular formula is C6H13NO7S. The van der Waals surface area contributed by atoms with E-state index >= 15 is 0 Å². The third kappa shape index (κ3) is 2.45. The van der Waals surface area contributed by atoms with Crippen molar-refractivity contribution >= 4 is 10.1 Å². The number of hydrogen-bond acceptors (Lipinski definition) is 7. The fourth-order valence-electron chi connectivity index (χ4n) is 1.45. The zero-order valence-electron chi connectivity index (χ0n) is 7.55. The van der Waals surface area contributed by atoms with Gasteiger partial charge in [-0.1, -0.05) is 0 Å². The van der Waals surface area contributed by atoms with Gasteiger partial charge in [0, 0.05) is 0 Å². The van der Waals surface area contributed by atoms with E-state index in [0.29, 0.717) is 0 Å². The van der Waals surface area contributed by atoms with E-state index in [4.69, 9.17) is 9.66 Å². The quantitative estimate of drug-likeness (QED) is 0.271. The summed E-state index contributed by atoms with van der Waals surface area (Å²) >= 11 is 0. The first-order chi connectivity index (χ1) is 6.79. The number of piperidine rings is 1. The van der Waals surface area contributed by atoms with Crippen molar-refractivity contribution in [2.75, 3.05) is 6.61 Å². The molecule has 0 saturated carbocycles. The van der Waals surface area contributed by atoms with Crippen LogP contribution in [0.15, 0.2) is 0 Å². The highest BCUT2D eigenvalue weighted by molar-refractivity contribution is 7.86. The molecule has 1 fully saturated rings. The fourth-order valence-corrected chi connectivity index (χ4v) is 2.31. The van der Waals surface area contributed by atoms with Crippen molar-refractivity contribution in [1.29, 1.82) is 0 Å². The van der Waals surface area contributed by atoms with Gasteiger partial charge in [-0.2, -0.15) is 8.42 Å². The molecule has 1 aliphatic heterocycles. The first kappa shape index (κ1) is 12.8. The van der Waals surface area contributed by atoms with Gasteiger partial charge in [-0.15, -0.1) is 0 Å². The van der Waals surface area contributed by atoms with Crippen LogP contribution in [-0.4, -0.2) is 69.7 Å². The number of nitrogens with one attached hydrogen (secondary N) is 1. The smallest absolute Gasteiger partial charge is 0.283 e. The summed E-state index contributed by atoms with van der Waals surface area (Å²) in [5, 5.41) is 36.9. The van der Waals surface area contributed by atoms with Crippen molar-refractivity contribution in [2.24, 2.45) is 0 Å². The molecule has 8 nitrogen and oxygen atoms in total. The Morgan fingerprint density at radius 1 is 1.07 bits per heavy atom. The van der Waals surface area contributed by atoms with Gasteiger partial charge in [0.05, 0.1) is 12.6 Å². The van der Waals surface area contributed by atoms with E-state index in [9.17, 15) is 23.7 Å². The molecule has 0 aromatic rings. The third-order valence-electron chi connectivity index (χ3n) is 2.32. The van der Waals surface area contributed by atoms with Crippen molar-refractivity contribution < 1.29 is 33.4 Å². The van der Waals surface area contributed by atoms with Gasteiger partial charge in [-0.05, 0) is 0 Å². The summed E-state index contributed by atoms with van der Waals surface area (Å²) < 4.78 is 30.2. The maximum absolute atomic E-state index is 10.8. The SMILES string of the molecule is O=S(=O)(O)C1NC(CO)[C@@H](O)[C@@H](O)C1O. The molecule has 5 atom stereocenters. The Morgan fingerprint density at radius 3 is 2.00 bits per heavy atom. The summed E-state index contributed by atoms with van der Waals surface area (Å²) in [4.78, 5) is 0. The van der Waals surface area contributed by atoms with Crippen molar-refractivity contribution in [3.8, 4) is 0 Å². The van der Waals surface area contributed by atoms with Gasteiger partial charge in [-0.3, -0.25) is 9.87 Å². The van der Waals surface area contributed by atoms with Crippen LogP contribution in [0.5, 0.6) is 0 Å². The van der Waals surface area contributed by atoms with E-state index in [2.05, 4.69) is 5.32 Å².